The topological polar surface area (TPSA) is 67.7 Å². The second-order valence-electron chi connectivity index (χ2n) is 5.61. The molecule has 0 N–H and O–H groups in total. The molecule has 1 aliphatic rings. The van der Waals surface area contributed by atoms with Crippen molar-refractivity contribution in [2.24, 2.45) is 0 Å². The summed E-state index contributed by atoms with van der Waals surface area (Å²) in [5, 5.41) is 3.26. The Bertz CT molecular complexity index is 816. The first-order valence-corrected chi connectivity index (χ1v) is 8.39. The molecule has 6 nitrogen and oxygen atoms in total. The molecule has 1 aliphatic heterocycles. The summed E-state index contributed by atoms with van der Waals surface area (Å²) in [6.45, 7) is 4.79. The maximum atomic E-state index is 4.70. The fourth-order valence-corrected chi connectivity index (χ4v) is 3.38. The van der Waals surface area contributed by atoms with Gasteiger partial charge in [-0.05, 0) is 6.92 Å². The highest BCUT2D eigenvalue weighted by molar-refractivity contribution is 7.09. The predicted octanol–water partition coefficient (Wildman–Crippen LogP) is 2.26. The minimum Gasteiger partial charge on any atom is -0.293 e. The lowest BCUT2D eigenvalue weighted by atomic mass is 10.1. The second kappa shape index (κ2) is 6.10. The number of hydrogen-bond donors (Lipinski definition) is 0. The minimum atomic E-state index is 0.702. The molecule has 4 rings (SSSR count). The molecule has 0 aliphatic carbocycles. The van der Waals surface area contributed by atoms with E-state index in [9.17, 15) is 0 Å². The van der Waals surface area contributed by atoms with Crippen molar-refractivity contribution in [2.75, 3.05) is 6.54 Å². The smallest absolute Gasteiger partial charge is 0.162 e. The summed E-state index contributed by atoms with van der Waals surface area (Å²) in [6.07, 6.45) is 7.87. The van der Waals surface area contributed by atoms with E-state index in [1.807, 2.05) is 13.1 Å². The van der Waals surface area contributed by atoms with E-state index in [4.69, 9.17) is 4.98 Å². The van der Waals surface area contributed by atoms with Gasteiger partial charge in [-0.2, -0.15) is 0 Å². The quantitative estimate of drug-likeness (QED) is 0.736. The molecule has 0 saturated carbocycles. The average molecular weight is 324 g/mol. The largest absolute Gasteiger partial charge is 0.293 e. The fourth-order valence-electron chi connectivity index (χ4n) is 2.77. The molecule has 3 aromatic heterocycles. The standard InChI is InChI=1S/C16H16N6S/c1-11-20-14(9-23-11)8-22-3-2-15-13(7-22)6-19-16(21-15)12-4-17-10-18-5-12/h4-6,9-10H,2-3,7-8H2,1H3. The van der Waals surface area contributed by atoms with Gasteiger partial charge in [0, 0.05) is 55.6 Å². The molecule has 0 spiro atoms. The Morgan fingerprint density at radius 2 is 2.04 bits per heavy atom. The summed E-state index contributed by atoms with van der Waals surface area (Å²) in [6, 6.07) is 0. The first-order valence-electron chi connectivity index (χ1n) is 7.51. The summed E-state index contributed by atoms with van der Waals surface area (Å²) in [7, 11) is 0. The summed E-state index contributed by atoms with van der Waals surface area (Å²) in [5.41, 5.74) is 4.33. The lowest BCUT2D eigenvalue weighted by Gasteiger charge is -2.27. The van der Waals surface area contributed by atoms with E-state index in [-0.39, 0.29) is 0 Å². The Labute approximate surface area is 138 Å². The van der Waals surface area contributed by atoms with Crippen LogP contribution in [0.5, 0.6) is 0 Å². The monoisotopic (exact) mass is 324 g/mol. The van der Waals surface area contributed by atoms with Crippen molar-refractivity contribution in [3.8, 4) is 11.4 Å². The zero-order valence-electron chi connectivity index (χ0n) is 12.8. The fraction of sp³-hybridized carbons (Fsp3) is 0.312. The highest BCUT2D eigenvalue weighted by atomic mass is 32.1. The van der Waals surface area contributed by atoms with E-state index in [2.05, 4.69) is 30.2 Å². The Hall–Kier alpha value is -2.25. The summed E-state index contributed by atoms with van der Waals surface area (Å²) < 4.78 is 0. The van der Waals surface area contributed by atoms with Crippen LogP contribution in [-0.2, 0) is 19.5 Å². The Morgan fingerprint density at radius 3 is 2.83 bits per heavy atom. The van der Waals surface area contributed by atoms with Crippen molar-refractivity contribution in [2.45, 2.75) is 26.4 Å². The molecule has 7 heteroatoms. The van der Waals surface area contributed by atoms with Gasteiger partial charge in [0.05, 0.1) is 22.0 Å². The molecular formula is C16H16N6S. The maximum Gasteiger partial charge on any atom is 0.162 e. The molecule has 0 saturated heterocycles. The third-order valence-corrected chi connectivity index (χ3v) is 4.71. The first-order chi connectivity index (χ1) is 11.3. The van der Waals surface area contributed by atoms with Crippen molar-refractivity contribution in [3.05, 3.63) is 52.3 Å². The molecule has 4 heterocycles. The van der Waals surface area contributed by atoms with Crippen molar-refractivity contribution in [1.82, 2.24) is 29.8 Å². The van der Waals surface area contributed by atoms with Gasteiger partial charge in [0.25, 0.3) is 0 Å². The predicted molar refractivity (Wildman–Crippen MR) is 87.7 cm³/mol. The second-order valence-corrected chi connectivity index (χ2v) is 6.67. The van der Waals surface area contributed by atoms with Crippen molar-refractivity contribution < 1.29 is 0 Å². The maximum absolute atomic E-state index is 4.70. The van der Waals surface area contributed by atoms with Crippen LogP contribution in [0, 0.1) is 6.92 Å². The van der Waals surface area contributed by atoms with Gasteiger partial charge in [-0.3, -0.25) is 4.90 Å². The Morgan fingerprint density at radius 1 is 1.17 bits per heavy atom. The molecule has 0 bridgehead atoms. The SMILES string of the molecule is Cc1nc(CN2CCc3nc(-c4cncnc4)ncc3C2)cs1. The van der Waals surface area contributed by atoms with Crippen molar-refractivity contribution >= 4 is 11.3 Å². The van der Waals surface area contributed by atoms with Crippen molar-refractivity contribution in [1.29, 1.82) is 0 Å². The van der Waals surface area contributed by atoms with E-state index in [0.29, 0.717) is 5.82 Å². The summed E-state index contributed by atoms with van der Waals surface area (Å²) >= 11 is 1.70. The molecule has 0 radical (unpaired) electrons. The van der Waals surface area contributed by atoms with Crippen LogP contribution >= 0.6 is 11.3 Å². The number of aryl methyl sites for hydroxylation is 1. The van der Waals surface area contributed by atoms with Crippen LogP contribution in [-0.4, -0.2) is 36.4 Å². The van der Waals surface area contributed by atoms with Crippen LogP contribution in [0.1, 0.15) is 22.0 Å². The van der Waals surface area contributed by atoms with E-state index in [0.717, 1.165) is 48.0 Å². The third-order valence-electron chi connectivity index (χ3n) is 3.88. The van der Waals surface area contributed by atoms with E-state index >= 15 is 0 Å². The molecule has 0 unspecified atom stereocenters. The number of aromatic nitrogens is 5. The molecule has 0 aromatic carbocycles. The van der Waals surface area contributed by atoms with E-state index < -0.39 is 0 Å². The first kappa shape index (κ1) is 14.3. The summed E-state index contributed by atoms with van der Waals surface area (Å²) in [4.78, 5) is 24.2. The highest BCUT2D eigenvalue weighted by Crippen LogP contribution is 2.21. The number of nitrogens with zero attached hydrogens (tertiary/aromatic N) is 6. The average Bonchev–Trinajstić information content (AvgIpc) is 3.00. The van der Waals surface area contributed by atoms with E-state index in [1.165, 1.54) is 11.9 Å². The third kappa shape index (κ3) is 3.11. The number of hydrogen-bond acceptors (Lipinski definition) is 7. The Kier molecular flexibility index (Phi) is 3.80. The van der Waals surface area contributed by atoms with E-state index in [1.54, 1.807) is 23.7 Å². The van der Waals surface area contributed by atoms with Gasteiger partial charge in [-0.1, -0.05) is 0 Å². The zero-order chi connectivity index (χ0) is 15.6. The lowest BCUT2D eigenvalue weighted by Crippen LogP contribution is -2.31. The number of thiazole rings is 1. The zero-order valence-corrected chi connectivity index (χ0v) is 13.6. The van der Waals surface area contributed by atoms with Crippen LogP contribution in [0.3, 0.4) is 0 Å². The van der Waals surface area contributed by atoms with Crippen LogP contribution in [0.15, 0.2) is 30.3 Å². The molecule has 23 heavy (non-hydrogen) atoms. The molecule has 0 fully saturated rings. The molecular weight excluding hydrogens is 308 g/mol. The van der Waals surface area contributed by atoms with Crippen LogP contribution in [0.25, 0.3) is 11.4 Å². The van der Waals surface area contributed by atoms with Gasteiger partial charge in [-0.25, -0.2) is 24.9 Å². The van der Waals surface area contributed by atoms with Gasteiger partial charge in [0.15, 0.2) is 5.82 Å². The van der Waals surface area contributed by atoms with Gasteiger partial charge in [-0.15, -0.1) is 11.3 Å². The van der Waals surface area contributed by atoms with Crippen LogP contribution < -0.4 is 0 Å². The van der Waals surface area contributed by atoms with Gasteiger partial charge >= 0.3 is 0 Å². The van der Waals surface area contributed by atoms with Crippen molar-refractivity contribution in [3.63, 3.8) is 0 Å². The van der Waals surface area contributed by atoms with Gasteiger partial charge < -0.3 is 0 Å². The Balaban J connectivity index is 1.52. The molecule has 0 atom stereocenters. The van der Waals surface area contributed by atoms with Crippen LogP contribution in [0.4, 0.5) is 0 Å². The number of rotatable bonds is 3. The lowest BCUT2D eigenvalue weighted by molar-refractivity contribution is 0.240. The van der Waals surface area contributed by atoms with Gasteiger partial charge in [0.1, 0.15) is 6.33 Å². The van der Waals surface area contributed by atoms with Gasteiger partial charge in [0.2, 0.25) is 0 Å². The molecule has 116 valence electrons. The number of fused-ring (bicyclic) bond motifs is 1. The normalized spacial score (nSPS) is 14.7. The highest BCUT2D eigenvalue weighted by Gasteiger charge is 2.19. The molecule has 0 amide bonds. The summed E-state index contributed by atoms with van der Waals surface area (Å²) in [5.74, 6) is 0.702. The van der Waals surface area contributed by atoms with Crippen LogP contribution in [0.2, 0.25) is 0 Å². The molecule has 3 aromatic rings. The minimum absolute atomic E-state index is 0.702.